The first-order chi connectivity index (χ1) is 6.77. The molecule has 0 N–H and O–H groups in total. The molecule has 1 nitrogen and oxygen atoms in total. The Morgan fingerprint density at radius 3 is 2.93 bits per heavy atom. The molecule has 70 valence electrons. The number of fused-ring (bicyclic) bond motifs is 1. The van der Waals surface area contributed by atoms with E-state index in [4.69, 9.17) is 16.9 Å². The number of thiophene rings is 1. The van der Waals surface area contributed by atoms with Gasteiger partial charge in [-0.1, -0.05) is 12.1 Å². The maximum absolute atomic E-state index is 9.06. The van der Waals surface area contributed by atoms with Gasteiger partial charge in [0.15, 0.2) is 0 Å². The van der Waals surface area contributed by atoms with Crippen LogP contribution in [-0.4, -0.2) is 0 Å². The molecule has 0 aliphatic carbocycles. The molecular formula is C11H8ClNS. The van der Waals surface area contributed by atoms with Crippen molar-refractivity contribution in [3.63, 3.8) is 0 Å². The van der Waals surface area contributed by atoms with Crippen LogP contribution < -0.4 is 0 Å². The van der Waals surface area contributed by atoms with E-state index in [1.807, 2.05) is 25.1 Å². The van der Waals surface area contributed by atoms with Gasteiger partial charge in [-0.2, -0.15) is 5.26 Å². The number of benzene rings is 1. The van der Waals surface area contributed by atoms with Gasteiger partial charge in [0.25, 0.3) is 0 Å². The van der Waals surface area contributed by atoms with Gasteiger partial charge in [-0.3, -0.25) is 0 Å². The number of hydrogen-bond acceptors (Lipinski definition) is 2. The van der Waals surface area contributed by atoms with E-state index in [0.717, 1.165) is 26.1 Å². The van der Waals surface area contributed by atoms with E-state index in [2.05, 4.69) is 6.07 Å². The predicted octanol–water partition coefficient (Wildman–Crippen LogP) is 3.82. The molecule has 3 heteroatoms. The number of halogens is 1. The molecule has 0 spiro atoms. The predicted molar refractivity (Wildman–Crippen MR) is 60.8 cm³/mol. The molecule has 0 saturated heterocycles. The van der Waals surface area contributed by atoms with Crippen molar-refractivity contribution in [1.29, 1.82) is 5.26 Å². The van der Waals surface area contributed by atoms with Gasteiger partial charge in [-0.15, -0.1) is 22.9 Å². The smallest absolute Gasteiger partial charge is 0.101 e. The van der Waals surface area contributed by atoms with Gasteiger partial charge in [0, 0.05) is 15.0 Å². The van der Waals surface area contributed by atoms with Gasteiger partial charge >= 0.3 is 0 Å². The second-order valence-electron chi connectivity index (χ2n) is 3.09. The minimum Gasteiger partial charge on any atom is -0.192 e. The third-order valence-corrected chi connectivity index (χ3v) is 3.81. The Balaban J connectivity index is 2.90. The number of hydrogen-bond donors (Lipinski definition) is 0. The lowest BCUT2D eigenvalue weighted by atomic mass is 10.1. The normalized spacial score (nSPS) is 10.4. The van der Waals surface area contributed by atoms with E-state index in [0.29, 0.717) is 5.88 Å². The molecular weight excluding hydrogens is 214 g/mol. The van der Waals surface area contributed by atoms with Crippen molar-refractivity contribution in [2.45, 2.75) is 12.8 Å². The van der Waals surface area contributed by atoms with E-state index in [1.54, 1.807) is 11.3 Å². The van der Waals surface area contributed by atoms with Crippen LogP contribution in [0.3, 0.4) is 0 Å². The maximum atomic E-state index is 9.06. The molecule has 14 heavy (non-hydrogen) atoms. The molecule has 0 radical (unpaired) electrons. The number of alkyl halides is 1. The third kappa shape index (κ3) is 1.30. The standard InChI is InChI=1S/C11H8ClNS/c1-7-3-2-4-9-11(7)8(6-13)10(5-12)14-9/h2-4H,5H2,1H3. The fourth-order valence-corrected chi connectivity index (χ4v) is 2.96. The Kier molecular flexibility index (Phi) is 2.45. The van der Waals surface area contributed by atoms with Gasteiger partial charge in [0.2, 0.25) is 0 Å². The molecule has 0 fully saturated rings. The van der Waals surface area contributed by atoms with E-state index in [1.165, 1.54) is 0 Å². The second-order valence-corrected chi connectivity index (χ2v) is 4.50. The average Bonchev–Trinajstić information content (AvgIpc) is 2.56. The zero-order valence-electron chi connectivity index (χ0n) is 7.67. The number of nitrogens with zero attached hydrogens (tertiary/aromatic N) is 1. The number of nitriles is 1. The van der Waals surface area contributed by atoms with E-state index in [-0.39, 0.29) is 0 Å². The van der Waals surface area contributed by atoms with E-state index >= 15 is 0 Å². The summed E-state index contributed by atoms with van der Waals surface area (Å²) in [4.78, 5) is 0.971. The molecule has 1 aromatic carbocycles. The maximum Gasteiger partial charge on any atom is 0.101 e. The Bertz CT molecular complexity index is 522. The minimum atomic E-state index is 0.418. The molecule has 1 aromatic heterocycles. The molecule has 0 atom stereocenters. The Hall–Kier alpha value is -1.04. The summed E-state index contributed by atoms with van der Waals surface area (Å²) < 4.78 is 1.15. The Morgan fingerprint density at radius 1 is 1.50 bits per heavy atom. The molecule has 0 saturated carbocycles. The summed E-state index contributed by atoms with van der Waals surface area (Å²) in [6, 6.07) is 8.30. The molecule has 0 aliphatic heterocycles. The molecule has 2 rings (SSSR count). The van der Waals surface area contributed by atoms with E-state index in [9.17, 15) is 0 Å². The summed E-state index contributed by atoms with van der Waals surface area (Å²) in [5.41, 5.74) is 1.89. The summed E-state index contributed by atoms with van der Waals surface area (Å²) in [5, 5.41) is 10.1. The molecule has 2 aromatic rings. The molecule has 0 bridgehead atoms. The highest BCUT2D eigenvalue weighted by molar-refractivity contribution is 7.19. The zero-order valence-corrected chi connectivity index (χ0v) is 9.25. The molecule has 0 unspecified atom stereocenters. The summed E-state index contributed by atoms with van der Waals surface area (Å²) in [5.74, 6) is 0.418. The largest absolute Gasteiger partial charge is 0.192 e. The highest BCUT2D eigenvalue weighted by atomic mass is 35.5. The Morgan fingerprint density at radius 2 is 2.29 bits per heavy atom. The topological polar surface area (TPSA) is 23.8 Å². The van der Waals surface area contributed by atoms with Crippen LogP contribution in [0, 0.1) is 18.3 Å². The van der Waals surface area contributed by atoms with Crippen LogP contribution in [0.2, 0.25) is 0 Å². The lowest BCUT2D eigenvalue weighted by Crippen LogP contribution is -1.79. The highest BCUT2D eigenvalue weighted by Gasteiger charge is 2.11. The van der Waals surface area contributed by atoms with E-state index < -0.39 is 0 Å². The van der Waals surface area contributed by atoms with Crippen molar-refractivity contribution in [2.75, 3.05) is 0 Å². The van der Waals surface area contributed by atoms with Crippen molar-refractivity contribution < 1.29 is 0 Å². The van der Waals surface area contributed by atoms with Crippen LogP contribution in [0.15, 0.2) is 18.2 Å². The van der Waals surface area contributed by atoms with Gasteiger partial charge in [0.1, 0.15) is 6.07 Å². The molecule has 0 amide bonds. The fraction of sp³-hybridized carbons (Fsp3) is 0.182. The highest BCUT2D eigenvalue weighted by Crippen LogP contribution is 2.33. The zero-order chi connectivity index (χ0) is 10.1. The van der Waals surface area contributed by atoms with Crippen molar-refractivity contribution in [3.05, 3.63) is 34.2 Å². The van der Waals surface area contributed by atoms with Crippen LogP contribution in [-0.2, 0) is 5.88 Å². The summed E-state index contributed by atoms with van der Waals surface area (Å²) in [7, 11) is 0. The first kappa shape index (κ1) is 9.51. The van der Waals surface area contributed by atoms with Crippen LogP contribution in [0.4, 0.5) is 0 Å². The minimum absolute atomic E-state index is 0.418. The SMILES string of the molecule is Cc1cccc2sc(CCl)c(C#N)c12. The lowest BCUT2D eigenvalue weighted by Gasteiger charge is -1.95. The lowest BCUT2D eigenvalue weighted by molar-refractivity contribution is 1.44. The van der Waals surface area contributed by atoms with Gasteiger partial charge < -0.3 is 0 Å². The average molecular weight is 222 g/mol. The summed E-state index contributed by atoms with van der Waals surface area (Å²) >= 11 is 7.40. The van der Waals surface area contributed by atoms with Crippen molar-refractivity contribution in [2.24, 2.45) is 0 Å². The van der Waals surface area contributed by atoms with Gasteiger partial charge in [-0.05, 0) is 18.6 Å². The third-order valence-electron chi connectivity index (χ3n) is 2.23. The number of aryl methyl sites for hydroxylation is 1. The van der Waals surface area contributed by atoms with Gasteiger partial charge in [0.05, 0.1) is 11.4 Å². The van der Waals surface area contributed by atoms with Crippen molar-refractivity contribution in [1.82, 2.24) is 0 Å². The second kappa shape index (κ2) is 3.61. The van der Waals surface area contributed by atoms with Gasteiger partial charge in [-0.25, -0.2) is 0 Å². The molecule has 1 heterocycles. The first-order valence-electron chi connectivity index (χ1n) is 4.25. The van der Waals surface area contributed by atoms with Crippen molar-refractivity contribution >= 4 is 33.0 Å². The number of rotatable bonds is 1. The summed E-state index contributed by atoms with van der Waals surface area (Å²) in [6.07, 6.45) is 0. The van der Waals surface area contributed by atoms with Crippen molar-refractivity contribution in [3.8, 4) is 6.07 Å². The molecule has 0 aliphatic rings. The monoisotopic (exact) mass is 221 g/mol. The summed E-state index contributed by atoms with van der Waals surface area (Å²) in [6.45, 7) is 2.02. The quantitative estimate of drug-likeness (QED) is 0.672. The van der Waals surface area contributed by atoms with Crippen LogP contribution in [0.1, 0.15) is 16.0 Å². The Labute approximate surface area is 91.5 Å². The fourth-order valence-electron chi connectivity index (χ4n) is 1.58. The van der Waals surface area contributed by atoms with Crippen LogP contribution in [0.25, 0.3) is 10.1 Å². The first-order valence-corrected chi connectivity index (χ1v) is 5.60. The van der Waals surface area contributed by atoms with Crippen LogP contribution >= 0.6 is 22.9 Å². The van der Waals surface area contributed by atoms with Crippen LogP contribution in [0.5, 0.6) is 0 Å².